The molecule has 2 N–H and O–H groups in total. The highest BCUT2D eigenvalue weighted by Crippen LogP contribution is 2.30. The van der Waals surface area contributed by atoms with E-state index in [0.29, 0.717) is 34.0 Å². The van der Waals surface area contributed by atoms with Crippen LogP contribution in [0.15, 0.2) is 49.2 Å². The lowest BCUT2D eigenvalue weighted by Crippen LogP contribution is -2.27. The van der Waals surface area contributed by atoms with Crippen LogP contribution in [-0.2, 0) is 0 Å². The number of carbonyl (C=O) groups excluding carboxylic acids is 1. The van der Waals surface area contributed by atoms with Gasteiger partial charge in [-0.3, -0.25) is 14.6 Å². The Morgan fingerprint density at radius 3 is 2.89 bits per heavy atom. The predicted octanol–water partition coefficient (Wildman–Crippen LogP) is 3.27. The molecule has 0 saturated heterocycles. The van der Waals surface area contributed by atoms with Gasteiger partial charge < -0.3 is 9.84 Å². The zero-order valence-corrected chi connectivity index (χ0v) is 15.3. The van der Waals surface area contributed by atoms with Crippen molar-refractivity contribution in [2.45, 2.75) is 0 Å². The zero-order valence-electron chi connectivity index (χ0n) is 14.5. The summed E-state index contributed by atoms with van der Waals surface area (Å²) in [5.41, 5.74) is 2.11. The molecule has 2 amide bonds. The number of aromatic hydroxyl groups is 1. The molecule has 1 aromatic carbocycles. The maximum atomic E-state index is 12.0. The molecule has 0 aliphatic carbocycles. The second-order valence-electron chi connectivity index (χ2n) is 5.48. The number of amides is 2. The molecule has 2 aromatic heterocycles. The van der Waals surface area contributed by atoms with E-state index in [1.165, 1.54) is 17.5 Å². The number of rotatable bonds is 5. The van der Waals surface area contributed by atoms with E-state index in [-0.39, 0.29) is 12.3 Å². The quantitative estimate of drug-likeness (QED) is 0.462. The lowest BCUT2D eigenvalue weighted by atomic mass is 10.1. The normalized spacial score (nSPS) is 10.4. The fourth-order valence-electron chi connectivity index (χ4n) is 2.34. The summed E-state index contributed by atoms with van der Waals surface area (Å²) in [6.45, 7) is 3.84. The molecule has 0 saturated carbocycles. The van der Waals surface area contributed by atoms with E-state index in [2.05, 4.69) is 39.7 Å². The summed E-state index contributed by atoms with van der Waals surface area (Å²) < 4.78 is 6.21. The van der Waals surface area contributed by atoms with Crippen LogP contribution in [0, 0.1) is 0 Å². The maximum absolute atomic E-state index is 12.0. The number of nitrogens with one attached hydrogen (secondary N) is 1. The van der Waals surface area contributed by atoms with Crippen LogP contribution < -0.4 is 10.1 Å². The minimum atomic E-state index is -0.436. The molecule has 0 unspecified atom stereocenters. The van der Waals surface area contributed by atoms with Gasteiger partial charge in [0.2, 0.25) is 0 Å². The largest absolute Gasteiger partial charge is 0.504 e. The molecule has 0 bridgehead atoms. The van der Waals surface area contributed by atoms with Crippen LogP contribution in [0.1, 0.15) is 0 Å². The monoisotopic (exact) mass is 383 g/mol. The van der Waals surface area contributed by atoms with Crippen LogP contribution in [0.3, 0.4) is 0 Å². The molecule has 3 aromatic rings. The maximum Gasteiger partial charge on any atom is 0.333 e. The standard InChI is InChI=1S/C18H17N5O3S/c1-3-8-23(27)18(25)22-16-7-5-12-17(21-16)20-13(10-19-12)11-4-6-15(26-2)14(24)9-11/h3-7,9-10,24,27H,1,8H2,2H3,(H,20,21,22,25). The minimum absolute atomic E-state index is 0.00181. The summed E-state index contributed by atoms with van der Waals surface area (Å²) in [4.78, 5) is 25.1. The van der Waals surface area contributed by atoms with E-state index in [9.17, 15) is 9.90 Å². The molecular formula is C18H17N5O3S. The van der Waals surface area contributed by atoms with Crippen molar-refractivity contribution in [3.63, 3.8) is 0 Å². The first-order chi connectivity index (χ1) is 13.0. The van der Waals surface area contributed by atoms with Crippen molar-refractivity contribution in [2.75, 3.05) is 19.0 Å². The van der Waals surface area contributed by atoms with Gasteiger partial charge in [0.05, 0.1) is 25.5 Å². The average molecular weight is 383 g/mol. The number of benzene rings is 1. The van der Waals surface area contributed by atoms with E-state index in [0.717, 1.165) is 0 Å². The Kier molecular flexibility index (Phi) is 5.41. The van der Waals surface area contributed by atoms with E-state index >= 15 is 0 Å². The zero-order chi connectivity index (χ0) is 19.4. The van der Waals surface area contributed by atoms with Crippen LogP contribution in [0.2, 0.25) is 0 Å². The van der Waals surface area contributed by atoms with Crippen molar-refractivity contribution >= 4 is 35.8 Å². The Morgan fingerprint density at radius 2 is 2.19 bits per heavy atom. The molecule has 27 heavy (non-hydrogen) atoms. The lowest BCUT2D eigenvalue weighted by Gasteiger charge is -2.14. The van der Waals surface area contributed by atoms with Crippen LogP contribution in [-0.4, -0.2) is 44.0 Å². The third-order valence-corrected chi connectivity index (χ3v) is 4.00. The number of methoxy groups -OCH3 is 1. The summed E-state index contributed by atoms with van der Waals surface area (Å²) in [6, 6.07) is 7.83. The summed E-state index contributed by atoms with van der Waals surface area (Å²) in [5.74, 6) is 0.688. The lowest BCUT2D eigenvalue weighted by molar-refractivity contribution is 0.241. The molecule has 138 valence electrons. The van der Waals surface area contributed by atoms with Crippen LogP contribution in [0.4, 0.5) is 10.6 Å². The van der Waals surface area contributed by atoms with Crippen LogP contribution in [0.25, 0.3) is 22.4 Å². The number of urea groups is 1. The van der Waals surface area contributed by atoms with Gasteiger partial charge >= 0.3 is 6.03 Å². The number of anilines is 1. The molecule has 3 rings (SSSR count). The van der Waals surface area contributed by atoms with Gasteiger partial charge in [-0.1, -0.05) is 18.9 Å². The number of fused-ring (bicyclic) bond motifs is 1. The average Bonchev–Trinajstić information content (AvgIpc) is 2.67. The fourth-order valence-corrected chi connectivity index (χ4v) is 2.50. The highest BCUT2D eigenvalue weighted by molar-refractivity contribution is 7.78. The van der Waals surface area contributed by atoms with Gasteiger partial charge in [-0.25, -0.2) is 14.8 Å². The molecule has 0 radical (unpaired) electrons. The summed E-state index contributed by atoms with van der Waals surface area (Å²) in [6.07, 6.45) is 3.14. The summed E-state index contributed by atoms with van der Waals surface area (Å²) in [7, 11) is 1.48. The number of phenols is 1. The van der Waals surface area contributed by atoms with Gasteiger partial charge in [0.15, 0.2) is 17.1 Å². The highest BCUT2D eigenvalue weighted by Gasteiger charge is 2.11. The van der Waals surface area contributed by atoms with Crippen LogP contribution in [0.5, 0.6) is 11.5 Å². The van der Waals surface area contributed by atoms with E-state index in [4.69, 9.17) is 4.74 Å². The number of hydrogen-bond donors (Lipinski definition) is 3. The number of nitrogens with zero attached hydrogens (tertiary/aromatic N) is 4. The molecular weight excluding hydrogens is 366 g/mol. The molecule has 0 aliphatic heterocycles. The topological polar surface area (TPSA) is 100 Å². The van der Waals surface area contributed by atoms with Gasteiger partial charge in [-0.05, 0) is 30.3 Å². The minimum Gasteiger partial charge on any atom is -0.504 e. The number of aromatic nitrogens is 3. The second kappa shape index (κ2) is 7.92. The number of pyridine rings is 1. The van der Waals surface area contributed by atoms with Crippen LogP contribution >= 0.6 is 12.8 Å². The smallest absolute Gasteiger partial charge is 0.333 e. The van der Waals surface area contributed by atoms with E-state index in [1.807, 2.05) is 0 Å². The Balaban J connectivity index is 1.91. The van der Waals surface area contributed by atoms with Crippen molar-refractivity contribution in [3.05, 3.63) is 49.2 Å². The third kappa shape index (κ3) is 4.09. The molecule has 0 aliphatic rings. The summed E-state index contributed by atoms with van der Waals surface area (Å²) in [5, 5.41) is 12.6. The Bertz CT molecular complexity index is 1010. The van der Waals surface area contributed by atoms with Crippen molar-refractivity contribution < 1.29 is 14.6 Å². The number of hydrogen-bond acceptors (Lipinski definition) is 7. The van der Waals surface area contributed by atoms with Crippen molar-refractivity contribution in [1.29, 1.82) is 0 Å². The molecule has 0 spiro atoms. The highest BCUT2D eigenvalue weighted by atomic mass is 32.1. The molecule has 8 nitrogen and oxygen atoms in total. The van der Waals surface area contributed by atoms with Gasteiger partial charge in [-0.2, -0.15) is 0 Å². The van der Waals surface area contributed by atoms with Gasteiger partial charge in [-0.15, -0.1) is 6.58 Å². The van der Waals surface area contributed by atoms with Crippen molar-refractivity contribution in [1.82, 2.24) is 19.3 Å². The van der Waals surface area contributed by atoms with Crippen molar-refractivity contribution in [3.8, 4) is 22.8 Å². The number of phenolic OH excluding ortho intramolecular Hbond substituents is 1. The molecule has 0 fully saturated rings. The molecule has 2 heterocycles. The van der Waals surface area contributed by atoms with Crippen molar-refractivity contribution in [2.24, 2.45) is 0 Å². The second-order valence-corrected chi connectivity index (χ2v) is 5.96. The van der Waals surface area contributed by atoms with E-state index < -0.39 is 6.03 Å². The first-order valence-electron chi connectivity index (χ1n) is 7.91. The Morgan fingerprint density at radius 1 is 1.37 bits per heavy atom. The Labute approximate surface area is 161 Å². The Hall–Kier alpha value is -3.33. The predicted molar refractivity (Wildman–Crippen MR) is 106 cm³/mol. The third-order valence-electron chi connectivity index (χ3n) is 3.65. The van der Waals surface area contributed by atoms with Gasteiger partial charge in [0.1, 0.15) is 11.3 Å². The van der Waals surface area contributed by atoms with E-state index in [1.54, 1.807) is 36.5 Å². The fraction of sp³-hybridized carbons (Fsp3) is 0.111. The summed E-state index contributed by atoms with van der Waals surface area (Å²) >= 11 is 4.06. The number of ether oxygens (including phenoxy) is 1. The molecule has 9 heteroatoms. The molecule has 0 atom stereocenters. The van der Waals surface area contributed by atoms with Gasteiger partial charge in [0, 0.05) is 5.56 Å². The number of carbonyl (C=O) groups is 1. The SMILES string of the molecule is C=CCN(S)C(=O)Nc1ccc2ncc(-c3ccc(OC)c(O)c3)nc2n1. The first kappa shape index (κ1) is 18.5. The number of thiol groups is 1. The van der Waals surface area contributed by atoms with Gasteiger partial charge in [0.25, 0.3) is 0 Å². The first-order valence-corrected chi connectivity index (χ1v) is 8.31.